The summed E-state index contributed by atoms with van der Waals surface area (Å²) in [7, 11) is 0. The van der Waals surface area contributed by atoms with Crippen molar-refractivity contribution in [2.24, 2.45) is 11.1 Å². The summed E-state index contributed by atoms with van der Waals surface area (Å²) in [5, 5.41) is 2.88. The zero-order chi connectivity index (χ0) is 9.52. The first kappa shape index (κ1) is 9.84. The molecule has 0 radical (unpaired) electrons. The Morgan fingerprint density at radius 3 is 3.00 bits per heavy atom. The average Bonchev–Trinajstić information content (AvgIpc) is 2.17. The highest BCUT2D eigenvalue weighted by Gasteiger charge is 2.02. The number of nitrogens with zero attached hydrogens (tertiary/aromatic N) is 2. The van der Waals surface area contributed by atoms with E-state index in [0.717, 1.165) is 18.5 Å². The molecule has 70 valence electrons. The van der Waals surface area contributed by atoms with E-state index >= 15 is 0 Å². The fourth-order valence-corrected chi connectivity index (χ4v) is 1.16. The Labute approximate surface area is 78.2 Å². The van der Waals surface area contributed by atoms with Crippen LogP contribution in [0.1, 0.15) is 19.0 Å². The minimum atomic E-state index is 0.361. The van der Waals surface area contributed by atoms with Crippen molar-refractivity contribution in [3.63, 3.8) is 0 Å². The average molecular weight is 178 g/mol. The summed E-state index contributed by atoms with van der Waals surface area (Å²) in [5.41, 5.74) is 1.08. The molecule has 0 N–H and O–H groups in total. The van der Waals surface area contributed by atoms with Crippen LogP contribution in [0.25, 0.3) is 0 Å². The van der Waals surface area contributed by atoms with Crippen LogP contribution in [0.3, 0.4) is 0 Å². The van der Waals surface area contributed by atoms with Crippen molar-refractivity contribution >= 4 is 0 Å². The molecule has 1 rings (SSSR count). The first-order valence-corrected chi connectivity index (χ1v) is 4.52. The predicted octanol–water partition coefficient (Wildman–Crippen LogP) is 2.42. The summed E-state index contributed by atoms with van der Waals surface area (Å²) in [6.07, 6.45) is 3.69. The molecule has 0 unspecified atom stereocenters. The molecule has 0 saturated carbocycles. The molecule has 0 bridgehead atoms. The lowest BCUT2D eigenvalue weighted by atomic mass is 10.0. The lowest BCUT2D eigenvalue weighted by Crippen LogP contribution is -2.01. The number of aryl methyl sites for hydroxylation is 1. The molecule has 0 aliphatic rings. The van der Waals surface area contributed by atoms with Gasteiger partial charge in [0.2, 0.25) is 0 Å². The van der Waals surface area contributed by atoms with Gasteiger partial charge in [0.15, 0.2) is 0 Å². The first-order valence-electron chi connectivity index (χ1n) is 4.52. The maximum atomic E-state index is 9.96. The molecule has 13 heavy (non-hydrogen) atoms. The predicted molar refractivity (Wildman–Crippen MR) is 52.4 cm³/mol. The minimum Gasteiger partial charge on any atom is -0.261 e. The summed E-state index contributed by atoms with van der Waals surface area (Å²) in [6, 6.07) is 5.88. The van der Waals surface area contributed by atoms with E-state index in [1.165, 1.54) is 0 Å². The van der Waals surface area contributed by atoms with Crippen LogP contribution in [0.4, 0.5) is 0 Å². The van der Waals surface area contributed by atoms with E-state index in [1.807, 2.05) is 25.1 Å². The fraction of sp³-hybridized carbons (Fsp3) is 0.500. The van der Waals surface area contributed by atoms with Crippen molar-refractivity contribution in [2.45, 2.75) is 19.8 Å². The second-order valence-corrected chi connectivity index (χ2v) is 3.28. The Hall–Kier alpha value is -1.25. The zero-order valence-electron chi connectivity index (χ0n) is 7.81. The Morgan fingerprint density at radius 1 is 1.54 bits per heavy atom. The van der Waals surface area contributed by atoms with Crippen LogP contribution in [0, 0.1) is 10.8 Å². The molecule has 0 amide bonds. The molecule has 1 aromatic heterocycles. The third-order valence-electron chi connectivity index (χ3n) is 2.01. The molecule has 1 atom stereocenters. The van der Waals surface area contributed by atoms with Gasteiger partial charge in [0, 0.05) is 11.9 Å². The van der Waals surface area contributed by atoms with Gasteiger partial charge in [0.05, 0.1) is 6.54 Å². The summed E-state index contributed by atoms with van der Waals surface area (Å²) >= 11 is 0. The van der Waals surface area contributed by atoms with E-state index in [-0.39, 0.29) is 0 Å². The van der Waals surface area contributed by atoms with Crippen molar-refractivity contribution in [2.75, 3.05) is 6.54 Å². The highest BCUT2D eigenvalue weighted by atomic mass is 16.3. The highest BCUT2D eigenvalue weighted by molar-refractivity contribution is 5.03. The monoisotopic (exact) mass is 178 g/mol. The van der Waals surface area contributed by atoms with Gasteiger partial charge in [-0.15, -0.1) is 0 Å². The molecule has 0 aromatic carbocycles. The molecule has 0 spiro atoms. The third kappa shape index (κ3) is 3.78. The van der Waals surface area contributed by atoms with E-state index in [0.29, 0.717) is 12.5 Å². The largest absolute Gasteiger partial charge is 0.261 e. The molecular weight excluding hydrogens is 164 g/mol. The SMILES string of the molecule is C[C@@H](CCc1ccccn1)CN=O. The summed E-state index contributed by atoms with van der Waals surface area (Å²) in [5.74, 6) is 0.361. The molecule has 1 aromatic rings. The van der Waals surface area contributed by atoms with E-state index in [4.69, 9.17) is 0 Å². The van der Waals surface area contributed by atoms with Gasteiger partial charge in [-0.1, -0.05) is 18.2 Å². The van der Waals surface area contributed by atoms with Gasteiger partial charge in [-0.05, 0) is 30.9 Å². The van der Waals surface area contributed by atoms with Crippen LogP contribution in [-0.2, 0) is 6.42 Å². The smallest absolute Gasteiger partial charge is 0.0836 e. The number of pyridine rings is 1. The van der Waals surface area contributed by atoms with E-state index in [9.17, 15) is 4.91 Å². The van der Waals surface area contributed by atoms with Crippen LogP contribution in [0.5, 0.6) is 0 Å². The van der Waals surface area contributed by atoms with Crippen molar-refractivity contribution < 1.29 is 0 Å². The van der Waals surface area contributed by atoms with Crippen LogP contribution in [-0.4, -0.2) is 11.5 Å². The first-order chi connectivity index (χ1) is 6.33. The molecule has 0 fully saturated rings. The Balaban J connectivity index is 2.30. The molecule has 0 aliphatic heterocycles. The van der Waals surface area contributed by atoms with Gasteiger partial charge < -0.3 is 0 Å². The topological polar surface area (TPSA) is 42.3 Å². The third-order valence-corrected chi connectivity index (χ3v) is 2.01. The number of hydrogen-bond acceptors (Lipinski definition) is 3. The Morgan fingerprint density at radius 2 is 2.38 bits per heavy atom. The quantitative estimate of drug-likeness (QED) is 0.650. The van der Waals surface area contributed by atoms with Crippen molar-refractivity contribution in [3.05, 3.63) is 35.0 Å². The molecule has 1 heterocycles. The van der Waals surface area contributed by atoms with Crippen LogP contribution in [0.2, 0.25) is 0 Å². The van der Waals surface area contributed by atoms with Crippen molar-refractivity contribution in [1.82, 2.24) is 4.98 Å². The normalized spacial score (nSPS) is 12.4. The van der Waals surface area contributed by atoms with E-state index in [2.05, 4.69) is 10.2 Å². The highest BCUT2D eigenvalue weighted by Crippen LogP contribution is 2.07. The summed E-state index contributed by atoms with van der Waals surface area (Å²) in [4.78, 5) is 14.2. The van der Waals surface area contributed by atoms with Gasteiger partial charge in [-0.25, -0.2) is 0 Å². The number of rotatable bonds is 5. The van der Waals surface area contributed by atoms with Crippen molar-refractivity contribution in [3.8, 4) is 0 Å². The Kier molecular flexibility index (Phi) is 4.09. The van der Waals surface area contributed by atoms with Gasteiger partial charge in [0.1, 0.15) is 0 Å². The van der Waals surface area contributed by atoms with Crippen LogP contribution >= 0.6 is 0 Å². The maximum absolute atomic E-state index is 9.96. The van der Waals surface area contributed by atoms with Gasteiger partial charge in [-0.3, -0.25) is 4.98 Å². The number of aromatic nitrogens is 1. The van der Waals surface area contributed by atoms with Gasteiger partial charge in [0.25, 0.3) is 0 Å². The number of nitroso groups, excluding NO2 is 1. The molecule has 0 aliphatic carbocycles. The standard InChI is InChI=1S/C10H14N2O/c1-9(8-12-13)5-6-10-4-2-3-7-11-10/h2-4,7,9H,5-6,8H2,1H3/t9-/m0/s1. The van der Waals surface area contributed by atoms with Crippen LogP contribution in [0.15, 0.2) is 29.6 Å². The maximum Gasteiger partial charge on any atom is 0.0836 e. The van der Waals surface area contributed by atoms with Gasteiger partial charge >= 0.3 is 0 Å². The second-order valence-electron chi connectivity index (χ2n) is 3.28. The van der Waals surface area contributed by atoms with E-state index in [1.54, 1.807) is 6.20 Å². The van der Waals surface area contributed by atoms with E-state index < -0.39 is 0 Å². The second kappa shape index (κ2) is 5.41. The van der Waals surface area contributed by atoms with Crippen LogP contribution < -0.4 is 0 Å². The lowest BCUT2D eigenvalue weighted by molar-refractivity contribution is 0.540. The summed E-state index contributed by atoms with van der Waals surface area (Å²) < 4.78 is 0. The molecule has 3 nitrogen and oxygen atoms in total. The van der Waals surface area contributed by atoms with Crippen molar-refractivity contribution in [1.29, 1.82) is 0 Å². The Bertz CT molecular complexity index is 248. The zero-order valence-corrected chi connectivity index (χ0v) is 7.81. The molecule has 0 saturated heterocycles. The molecular formula is C10H14N2O. The fourth-order valence-electron chi connectivity index (χ4n) is 1.16. The molecule has 3 heteroatoms. The summed E-state index contributed by atoms with van der Waals surface area (Å²) in [6.45, 7) is 2.44. The van der Waals surface area contributed by atoms with Gasteiger partial charge in [-0.2, -0.15) is 4.91 Å². The lowest BCUT2D eigenvalue weighted by Gasteiger charge is -2.05. The number of hydrogen-bond donors (Lipinski definition) is 0. The minimum absolute atomic E-state index is 0.361.